The van der Waals surface area contributed by atoms with Gasteiger partial charge in [-0.15, -0.1) is 0 Å². The van der Waals surface area contributed by atoms with E-state index in [0.717, 1.165) is 27.4 Å². The Balaban J connectivity index is 2.14. The molecule has 0 fully saturated rings. The molecule has 0 radical (unpaired) electrons. The number of furan rings is 1. The Kier molecular flexibility index (Phi) is 2.00. The summed E-state index contributed by atoms with van der Waals surface area (Å²) < 4.78 is 19.2. The Morgan fingerprint density at radius 3 is 3.00 bits per heavy atom. The second-order valence-corrected chi connectivity index (χ2v) is 4.42. The molecule has 1 N–H and O–H groups in total. The smallest absolute Gasteiger partial charge is 0.141 e. The summed E-state index contributed by atoms with van der Waals surface area (Å²) in [5.41, 5.74) is 3.18. The Morgan fingerprint density at radius 1 is 1.11 bits per heavy atom. The molecular formula is C15H9FN2O. The summed E-state index contributed by atoms with van der Waals surface area (Å²) in [7, 11) is 0. The third kappa shape index (κ3) is 1.46. The first-order chi connectivity index (χ1) is 9.33. The van der Waals surface area contributed by atoms with Crippen LogP contribution in [0, 0.1) is 5.82 Å². The molecule has 0 bridgehead atoms. The summed E-state index contributed by atoms with van der Waals surface area (Å²) in [5.74, 6) is -0.281. The number of hydrogen-bond acceptors (Lipinski definition) is 2. The SMILES string of the molecule is Fc1cc(-c2cncc3[nH]ccc23)c2occc2c1. The van der Waals surface area contributed by atoms with Crippen molar-refractivity contribution in [3.63, 3.8) is 0 Å². The van der Waals surface area contributed by atoms with Crippen LogP contribution in [0.5, 0.6) is 0 Å². The highest BCUT2D eigenvalue weighted by molar-refractivity contribution is 6.02. The minimum atomic E-state index is -0.281. The molecule has 3 aromatic heterocycles. The molecule has 4 aromatic rings. The van der Waals surface area contributed by atoms with Crippen LogP contribution in [0.25, 0.3) is 33.0 Å². The van der Waals surface area contributed by atoms with Crippen molar-refractivity contribution in [3.05, 3.63) is 54.9 Å². The lowest BCUT2D eigenvalue weighted by Gasteiger charge is -2.04. The molecule has 0 aliphatic heterocycles. The fraction of sp³-hybridized carbons (Fsp3) is 0. The summed E-state index contributed by atoms with van der Waals surface area (Å²) >= 11 is 0. The lowest BCUT2D eigenvalue weighted by molar-refractivity contribution is 0.611. The van der Waals surface area contributed by atoms with Gasteiger partial charge in [0.2, 0.25) is 0 Å². The number of rotatable bonds is 1. The lowest BCUT2D eigenvalue weighted by Crippen LogP contribution is -1.85. The van der Waals surface area contributed by atoms with Crippen LogP contribution in [0.15, 0.2) is 53.5 Å². The molecule has 3 heterocycles. The average Bonchev–Trinajstić information content (AvgIpc) is 3.04. The van der Waals surface area contributed by atoms with E-state index in [1.54, 1.807) is 24.7 Å². The maximum Gasteiger partial charge on any atom is 0.141 e. The van der Waals surface area contributed by atoms with E-state index in [-0.39, 0.29) is 5.82 Å². The zero-order chi connectivity index (χ0) is 12.8. The highest BCUT2D eigenvalue weighted by Gasteiger charge is 2.12. The predicted molar refractivity (Wildman–Crippen MR) is 71.3 cm³/mol. The van der Waals surface area contributed by atoms with Gasteiger partial charge in [0.25, 0.3) is 0 Å². The van der Waals surface area contributed by atoms with Gasteiger partial charge in [-0.25, -0.2) is 4.39 Å². The van der Waals surface area contributed by atoms with Crippen molar-refractivity contribution in [1.82, 2.24) is 9.97 Å². The fourth-order valence-electron chi connectivity index (χ4n) is 2.44. The number of nitrogens with one attached hydrogen (secondary N) is 1. The predicted octanol–water partition coefficient (Wildman–Crippen LogP) is 4.12. The van der Waals surface area contributed by atoms with E-state index >= 15 is 0 Å². The molecule has 1 aromatic carbocycles. The topological polar surface area (TPSA) is 41.8 Å². The van der Waals surface area contributed by atoms with E-state index in [4.69, 9.17) is 4.42 Å². The van der Waals surface area contributed by atoms with Crippen LogP contribution in [0.4, 0.5) is 4.39 Å². The second-order valence-electron chi connectivity index (χ2n) is 4.42. The van der Waals surface area contributed by atoms with Crippen LogP contribution in [-0.2, 0) is 0 Å². The second kappa shape index (κ2) is 3.68. The Bertz CT molecular complexity index is 891. The molecule has 0 spiro atoms. The largest absolute Gasteiger partial charge is 0.464 e. The minimum Gasteiger partial charge on any atom is -0.464 e. The van der Waals surface area contributed by atoms with Crippen LogP contribution in [-0.4, -0.2) is 9.97 Å². The molecule has 0 aliphatic carbocycles. The van der Waals surface area contributed by atoms with E-state index < -0.39 is 0 Å². The number of hydrogen-bond donors (Lipinski definition) is 1. The van der Waals surface area contributed by atoms with Crippen molar-refractivity contribution in [3.8, 4) is 11.1 Å². The van der Waals surface area contributed by atoms with Gasteiger partial charge in [0.05, 0.1) is 18.0 Å². The molecule has 4 heteroatoms. The molecular weight excluding hydrogens is 243 g/mol. The van der Waals surface area contributed by atoms with E-state index in [2.05, 4.69) is 9.97 Å². The van der Waals surface area contributed by atoms with Crippen LogP contribution < -0.4 is 0 Å². The first-order valence-electron chi connectivity index (χ1n) is 5.91. The fourth-order valence-corrected chi connectivity index (χ4v) is 2.44. The van der Waals surface area contributed by atoms with Gasteiger partial charge in [-0.05, 0) is 24.3 Å². The molecule has 3 nitrogen and oxygen atoms in total. The van der Waals surface area contributed by atoms with Crippen LogP contribution >= 0.6 is 0 Å². The third-order valence-corrected chi connectivity index (χ3v) is 3.28. The van der Waals surface area contributed by atoms with Gasteiger partial charge < -0.3 is 9.40 Å². The first-order valence-corrected chi connectivity index (χ1v) is 5.91. The van der Waals surface area contributed by atoms with Crippen molar-refractivity contribution in [2.75, 3.05) is 0 Å². The Labute approximate surface area is 107 Å². The van der Waals surface area contributed by atoms with Gasteiger partial charge in [0.15, 0.2) is 0 Å². The van der Waals surface area contributed by atoms with Crippen LogP contribution in [0.3, 0.4) is 0 Å². The Hall–Kier alpha value is -2.62. The van der Waals surface area contributed by atoms with Gasteiger partial charge in [0, 0.05) is 34.3 Å². The van der Waals surface area contributed by atoms with Crippen LogP contribution in [0.1, 0.15) is 0 Å². The number of aromatic nitrogens is 2. The Morgan fingerprint density at radius 2 is 2.05 bits per heavy atom. The third-order valence-electron chi connectivity index (χ3n) is 3.28. The maximum atomic E-state index is 13.7. The molecule has 4 rings (SSSR count). The van der Waals surface area contributed by atoms with Crippen molar-refractivity contribution >= 4 is 21.9 Å². The zero-order valence-electron chi connectivity index (χ0n) is 9.85. The number of fused-ring (bicyclic) bond motifs is 2. The molecule has 0 saturated carbocycles. The molecule has 0 saturated heterocycles. The van der Waals surface area contributed by atoms with Gasteiger partial charge in [-0.2, -0.15) is 0 Å². The zero-order valence-corrected chi connectivity index (χ0v) is 9.85. The standard InChI is InChI=1S/C15H9FN2O/c16-10-5-9-2-4-19-15(9)12(6-10)13-7-17-8-14-11(13)1-3-18-14/h1-8,18H. The number of benzene rings is 1. The minimum absolute atomic E-state index is 0.281. The normalized spacial score (nSPS) is 11.4. The van der Waals surface area contributed by atoms with Crippen molar-refractivity contribution < 1.29 is 8.81 Å². The van der Waals surface area contributed by atoms with Gasteiger partial charge in [0.1, 0.15) is 11.4 Å². The van der Waals surface area contributed by atoms with Crippen molar-refractivity contribution in [2.24, 2.45) is 0 Å². The quantitative estimate of drug-likeness (QED) is 0.553. The molecule has 0 aliphatic rings. The average molecular weight is 252 g/mol. The number of nitrogens with zero attached hydrogens (tertiary/aromatic N) is 1. The van der Waals surface area contributed by atoms with Crippen molar-refractivity contribution in [2.45, 2.75) is 0 Å². The molecule has 92 valence electrons. The van der Waals surface area contributed by atoms with Gasteiger partial charge in [-0.3, -0.25) is 4.98 Å². The number of halogens is 1. The lowest BCUT2D eigenvalue weighted by atomic mass is 10.0. The molecule has 19 heavy (non-hydrogen) atoms. The number of aromatic amines is 1. The molecule has 0 atom stereocenters. The van der Waals surface area contributed by atoms with E-state index in [1.165, 1.54) is 12.1 Å². The molecule has 0 unspecified atom stereocenters. The summed E-state index contributed by atoms with van der Waals surface area (Å²) in [6, 6.07) is 6.65. The number of H-pyrrole nitrogens is 1. The number of pyridine rings is 1. The van der Waals surface area contributed by atoms with Crippen molar-refractivity contribution in [1.29, 1.82) is 0 Å². The highest BCUT2D eigenvalue weighted by Crippen LogP contribution is 2.34. The first kappa shape index (κ1) is 10.3. The van der Waals surface area contributed by atoms with Gasteiger partial charge in [-0.1, -0.05) is 0 Å². The van der Waals surface area contributed by atoms with E-state index in [9.17, 15) is 4.39 Å². The maximum absolute atomic E-state index is 13.7. The highest BCUT2D eigenvalue weighted by atomic mass is 19.1. The summed E-state index contributed by atoms with van der Waals surface area (Å²) in [4.78, 5) is 7.29. The summed E-state index contributed by atoms with van der Waals surface area (Å²) in [6.07, 6.45) is 6.89. The monoisotopic (exact) mass is 252 g/mol. The molecule has 0 amide bonds. The van der Waals surface area contributed by atoms with Crippen LogP contribution in [0.2, 0.25) is 0 Å². The van der Waals surface area contributed by atoms with Gasteiger partial charge >= 0.3 is 0 Å². The van der Waals surface area contributed by atoms with E-state index in [0.29, 0.717) is 5.58 Å². The summed E-state index contributed by atoms with van der Waals surface area (Å²) in [6.45, 7) is 0. The summed E-state index contributed by atoms with van der Waals surface area (Å²) in [5, 5.41) is 1.75. The van der Waals surface area contributed by atoms with E-state index in [1.807, 2.05) is 12.3 Å².